The van der Waals surface area contributed by atoms with Crippen LogP contribution in [-0.2, 0) is 6.42 Å². The molecule has 0 amide bonds. The average Bonchev–Trinajstić information content (AvgIpc) is 2.20. The Labute approximate surface area is 91.9 Å². The standard InChI is InChI=1S/C11H15BN2O/c1-8(14(2)3)6-9-4-5-10(13-15)7-11(9)12/h4-5,7-8H,6H2,1-3H3. The Balaban J connectivity index is 2.82. The smallest absolute Gasteiger partial charge is 0.114 e. The zero-order valence-corrected chi connectivity index (χ0v) is 9.40. The average molecular weight is 202 g/mol. The minimum absolute atomic E-state index is 0.383. The van der Waals surface area contributed by atoms with E-state index in [0.717, 1.165) is 12.0 Å². The van der Waals surface area contributed by atoms with Crippen LogP contribution in [0.25, 0.3) is 0 Å². The Morgan fingerprint density at radius 1 is 1.47 bits per heavy atom. The van der Waals surface area contributed by atoms with E-state index in [9.17, 15) is 4.91 Å². The van der Waals surface area contributed by atoms with Crippen LogP contribution >= 0.6 is 0 Å². The summed E-state index contributed by atoms with van der Waals surface area (Å²) in [7, 11) is 9.89. The number of hydrogen-bond donors (Lipinski definition) is 0. The molecule has 0 saturated carbocycles. The molecule has 0 aliphatic heterocycles. The summed E-state index contributed by atoms with van der Waals surface area (Å²) in [6.45, 7) is 2.13. The SMILES string of the molecule is [B]c1cc(N=O)ccc1CC(C)N(C)C. The summed E-state index contributed by atoms with van der Waals surface area (Å²) in [6.07, 6.45) is 0.873. The molecule has 0 N–H and O–H groups in total. The topological polar surface area (TPSA) is 32.7 Å². The van der Waals surface area contributed by atoms with Gasteiger partial charge in [0, 0.05) is 6.04 Å². The first kappa shape index (κ1) is 11.9. The monoisotopic (exact) mass is 202 g/mol. The van der Waals surface area contributed by atoms with E-state index in [0.29, 0.717) is 17.2 Å². The van der Waals surface area contributed by atoms with E-state index in [1.807, 2.05) is 20.2 Å². The summed E-state index contributed by atoms with van der Waals surface area (Å²) in [5.41, 5.74) is 2.08. The fourth-order valence-corrected chi connectivity index (χ4v) is 1.33. The van der Waals surface area contributed by atoms with Gasteiger partial charge in [0.05, 0.1) is 0 Å². The minimum atomic E-state index is 0.383. The Morgan fingerprint density at radius 2 is 2.13 bits per heavy atom. The first-order chi connectivity index (χ1) is 7.04. The lowest BCUT2D eigenvalue weighted by Crippen LogP contribution is -2.28. The van der Waals surface area contributed by atoms with Crippen LogP contribution in [0.15, 0.2) is 23.4 Å². The number of nitrogens with zero attached hydrogens (tertiary/aromatic N) is 2. The van der Waals surface area contributed by atoms with Crippen molar-refractivity contribution < 1.29 is 0 Å². The number of benzene rings is 1. The van der Waals surface area contributed by atoms with Gasteiger partial charge in [-0.3, -0.25) is 0 Å². The van der Waals surface area contributed by atoms with Crippen molar-refractivity contribution in [1.82, 2.24) is 4.90 Å². The molecule has 1 unspecified atom stereocenters. The van der Waals surface area contributed by atoms with Gasteiger partial charge in [0.1, 0.15) is 13.5 Å². The lowest BCUT2D eigenvalue weighted by Gasteiger charge is -2.20. The third kappa shape index (κ3) is 3.17. The van der Waals surface area contributed by atoms with Gasteiger partial charge < -0.3 is 4.90 Å². The molecule has 2 radical (unpaired) electrons. The molecule has 0 bridgehead atoms. The molecule has 0 aliphatic carbocycles. The van der Waals surface area contributed by atoms with Crippen molar-refractivity contribution in [2.24, 2.45) is 5.18 Å². The van der Waals surface area contributed by atoms with E-state index in [2.05, 4.69) is 17.0 Å². The lowest BCUT2D eigenvalue weighted by molar-refractivity contribution is 0.312. The maximum atomic E-state index is 10.3. The molecule has 1 aromatic carbocycles. The van der Waals surface area contributed by atoms with Crippen LogP contribution < -0.4 is 5.46 Å². The summed E-state index contributed by atoms with van der Waals surface area (Å²) in [4.78, 5) is 12.4. The molecule has 0 saturated heterocycles. The maximum Gasteiger partial charge on any atom is 0.114 e. The Bertz CT molecular complexity index is 352. The molecule has 1 aromatic rings. The van der Waals surface area contributed by atoms with Crippen molar-refractivity contribution in [3.8, 4) is 0 Å². The van der Waals surface area contributed by atoms with E-state index in [-0.39, 0.29) is 0 Å². The highest BCUT2D eigenvalue weighted by atomic mass is 16.3. The molecular weight excluding hydrogens is 187 g/mol. The number of hydrogen-bond acceptors (Lipinski definition) is 3. The molecule has 1 rings (SSSR count). The predicted molar refractivity (Wildman–Crippen MR) is 64.1 cm³/mol. The zero-order valence-electron chi connectivity index (χ0n) is 9.40. The molecule has 4 heteroatoms. The largest absolute Gasteiger partial charge is 0.306 e. The van der Waals surface area contributed by atoms with Crippen molar-refractivity contribution in [2.75, 3.05) is 14.1 Å². The van der Waals surface area contributed by atoms with Crippen LogP contribution in [0.2, 0.25) is 0 Å². The van der Waals surface area contributed by atoms with E-state index < -0.39 is 0 Å². The Hall–Kier alpha value is -1.16. The quantitative estimate of drug-likeness (QED) is 0.545. The van der Waals surface area contributed by atoms with Crippen LogP contribution in [0.4, 0.5) is 5.69 Å². The van der Waals surface area contributed by atoms with Crippen molar-refractivity contribution in [1.29, 1.82) is 0 Å². The second-order valence-corrected chi connectivity index (χ2v) is 3.99. The lowest BCUT2D eigenvalue weighted by atomic mass is 9.87. The Kier molecular flexibility index (Phi) is 4.03. The summed E-state index contributed by atoms with van der Waals surface area (Å²) in [6, 6.07) is 5.60. The van der Waals surface area contributed by atoms with Crippen molar-refractivity contribution in [2.45, 2.75) is 19.4 Å². The van der Waals surface area contributed by atoms with Gasteiger partial charge in [-0.2, -0.15) is 0 Å². The highest BCUT2D eigenvalue weighted by Gasteiger charge is 2.07. The molecule has 1 atom stereocenters. The Morgan fingerprint density at radius 3 is 2.60 bits per heavy atom. The van der Waals surface area contributed by atoms with E-state index >= 15 is 0 Å². The molecule has 3 nitrogen and oxygen atoms in total. The summed E-state index contributed by atoms with van der Waals surface area (Å²) >= 11 is 0. The number of nitroso groups, excluding NO2 is 1. The van der Waals surface area contributed by atoms with Crippen LogP contribution in [0.5, 0.6) is 0 Å². The second-order valence-electron chi connectivity index (χ2n) is 3.99. The summed E-state index contributed by atoms with van der Waals surface area (Å²) in [5.74, 6) is 0. The molecule has 0 aliphatic rings. The van der Waals surface area contributed by atoms with Crippen molar-refractivity contribution >= 4 is 19.0 Å². The molecular formula is C11H15BN2O. The van der Waals surface area contributed by atoms with Gasteiger partial charge in [-0.05, 0) is 44.7 Å². The van der Waals surface area contributed by atoms with E-state index in [4.69, 9.17) is 7.85 Å². The normalized spacial score (nSPS) is 12.8. The molecule has 15 heavy (non-hydrogen) atoms. The maximum absolute atomic E-state index is 10.3. The highest BCUT2D eigenvalue weighted by molar-refractivity contribution is 6.33. The first-order valence-electron chi connectivity index (χ1n) is 4.92. The van der Waals surface area contributed by atoms with Crippen LogP contribution in [0.3, 0.4) is 0 Å². The minimum Gasteiger partial charge on any atom is -0.306 e. The van der Waals surface area contributed by atoms with Gasteiger partial charge in [-0.25, -0.2) is 0 Å². The van der Waals surface area contributed by atoms with Crippen LogP contribution in [0.1, 0.15) is 12.5 Å². The molecule has 0 heterocycles. The molecule has 78 valence electrons. The number of likely N-dealkylation sites (N-methyl/N-ethyl adjacent to an activating group) is 1. The van der Waals surface area contributed by atoms with E-state index in [1.54, 1.807) is 12.1 Å². The third-order valence-electron chi connectivity index (χ3n) is 2.63. The van der Waals surface area contributed by atoms with Gasteiger partial charge in [-0.1, -0.05) is 17.1 Å². The van der Waals surface area contributed by atoms with Gasteiger partial charge in [0.15, 0.2) is 0 Å². The zero-order chi connectivity index (χ0) is 11.4. The first-order valence-corrected chi connectivity index (χ1v) is 4.92. The second kappa shape index (κ2) is 5.07. The summed E-state index contributed by atoms with van der Waals surface area (Å²) < 4.78 is 0. The van der Waals surface area contributed by atoms with Gasteiger partial charge >= 0.3 is 0 Å². The fourth-order valence-electron chi connectivity index (χ4n) is 1.33. The van der Waals surface area contributed by atoms with Crippen LogP contribution in [-0.4, -0.2) is 32.9 Å². The van der Waals surface area contributed by atoms with Gasteiger partial charge in [-0.15, -0.1) is 4.91 Å². The van der Waals surface area contributed by atoms with Crippen LogP contribution in [0, 0.1) is 4.91 Å². The fraction of sp³-hybridized carbons (Fsp3) is 0.455. The summed E-state index contributed by atoms with van der Waals surface area (Å²) in [5, 5.41) is 2.85. The molecule has 0 spiro atoms. The van der Waals surface area contributed by atoms with Crippen molar-refractivity contribution in [3.63, 3.8) is 0 Å². The number of rotatable bonds is 4. The molecule has 0 fully saturated rings. The van der Waals surface area contributed by atoms with Gasteiger partial charge in [0.2, 0.25) is 0 Å². The predicted octanol–water partition coefficient (Wildman–Crippen LogP) is 1.37. The van der Waals surface area contributed by atoms with Crippen molar-refractivity contribution in [3.05, 3.63) is 28.7 Å². The highest BCUT2D eigenvalue weighted by Crippen LogP contribution is 2.12. The third-order valence-corrected chi connectivity index (χ3v) is 2.63. The molecule has 0 aromatic heterocycles. The van der Waals surface area contributed by atoms with E-state index in [1.165, 1.54) is 0 Å². The van der Waals surface area contributed by atoms with Gasteiger partial charge in [0.25, 0.3) is 0 Å².